The Kier molecular flexibility index (Phi) is 6.28. The molecule has 2 aromatic rings. The van der Waals surface area contributed by atoms with Gasteiger partial charge in [-0.05, 0) is 60.1 Å². The van der Waals surface area contributed by atoms with Crippen LogP contribution in [0, 0.1) is 5.82 Å². The molecule has 0 atom stereocenters. The predicted octanol–water partition coefficient (Wildman–Crippen LogP) is 4.59. The molecule has 4 rings (SSSR count). The fourth-order valence-electron chi connectivity index (χ4n) is 3.45. The van der Waals surface area contributed by atoms with Crippen molar-refractivity contribution in [2.45, 2.75) is 19.4 Å². The number of carboxylic acids is 1. The third-order valence-electron chi connectivity index (χ3n) is 4.93. The highest BCUT2D eigenvalue weighted by atomic mass is 32.2. The molecule has 0 fully saturated rings. The first-order valence-corrected chi connectivity index (χ1v) is 10.7. The van der Waals surface area contributed by atoms with Crippen LogP contribution in [0.5, 0.6) is 11.5 Å². The first kappa shape index (κ1) is 20.3. The molecule has 2 aliphatic rings. The van der Waals surface area contributed by atoms with Crippen molar-refractivity contribution in [2.75, 3.05) is 19.1 Å². The van der Waals surface area contributed by atoms with E-state index in [4.69, 9.17) is 9.47 Å². The lowest BCUT2D eigenvalue weighted by atomic mass is 10.1. The van der Waals surface area contributed by atoms with Gasteiger partial charge in [-0.15, -0.1) is 11.8 Å². The van der Waals surface area contributed by atoms with Crippen LogP contribution in [0.3, 0.4) is 0 Å². The van der Waals surface area contributed by atoms with Crippen LogP contribution in [0.4, 0.5) is 4.39 Å². The van der Waals surface area contributed by atoms with Crippen LogP contribution in [0.1, 0.15) is 17.5 Å². The predicted molar refractivity (Wildman–Crippen MR) is 114 cm³/mol. The number of hydrogen-bond donors (Lipinski definition) is 1. The van der Waals surface area contributed by atoms with Crippen LogP contribution in [0.2, 0.25) is 0 Å². The van der Waals surface area contributed by atoms with Crippen molar-refractivity contribution in [1.29, 1.82) is 0 Å². The summed E-state index contributed by atoms with van der Waals surface area (Å²) >= 11 is 1.55. The monoisotopic (exact) mass is 427 g/mol. The molecule has 0 radical (unpaired) electrons. The van der Waals surface area contributed by atoms with Crippen LogP contribution in [-0.2, 0) is 17.8 Å². The Balaban J connectivity index is 1.42. The van der Waals surface area contributed by atoms with E-state index in [9.17, 15) is 14.3 Å². The highest BCUT2D eigenvalue weighted by molar-refractivity contribution is 8.03. The number of ether oxygens (including phenoxy) is 2. The minimum Gasteiger partial charge on any atom is -0.478 e. The van der Waals surface area contributed by atoms with Crippen molar-refractivity contribution in [3.8, 4) is 11.5 Å². The van der Waals surface area contributed by atoms with Crippen molar-refractivity contribution < 1.29 is 23.8 Å². The van der Waals surface area contributed by atoms with Crippen molar-refractivity contribution in [3.63, 3.8) is 0 Å². The van der Waals surface area contributed by atoms with Crippen LogP contribution in [-0.4, -0.2) is 35.1 Å². The Morgan fingerprint density at radius 2 is 1.87 bits per heavy atom. The molecular formula is C23H22FNO4S. The molecule has 0 saturated carbocycles. The summed E-state index contributed by atoms with van der Waals surface area (Å²) in [5.74, 6) is 1.06. The van der Waals surface area contributed by atoms with Gasteiger partial charge in [0.2, 0.25) is 6.79 Å². The van der Waals surface area contributed by atoms with E-state index in [1.54, 1.807) is 30.0 Å². The number of nitrogens with zero attached hydrogens (tertiary/aromatic N) is 1. The molecule has 2 heterocycles. The fraction of sp³-hybridized carbons (Fsp3) is 0.261. The molecule has 2 aliphatic heterocycles. The van der Waals surface area contributed by atoms with Crippen LogP contribution >= 0.6 is 11.8 Å². The summed E-state index contributed by atoms with van der Waals surface area (Å²) in [5, 5.41) is 10.4. The van der Waals surface area contributed by atoms with Crippen LogP contribution < -0.4 is 9.47 Å². The lowest BCUT2D eigenvalue weighted by Crippen LogP contribution is -2.27. The van der Waals surface area contributed by atoms with Crippen LogP contribution in [0.15, 0.2) is 65.2 Å². The highest BCUT2D eigenvalue weighted by Gasteiger charge is 2.22. The third-order valence-corrected chi connectivity index (χ3v) is 6.17. The number of aliphatic carboxylic acids is 1. The zero-order valence-electron chi connectivity index (χ0n) is 16.3. The number of fused-ring (bicyclic) bond motifs is 1. The molecule has 2 aromatic carbocycles. The number of aryl methyl sites for hydroxylation is 1. The normalized spacial score (nSPS) is 15.0. The second kappa shape index (κ2) is 9.26. The van der Waals surface area contributed by atoms with Crippen molar-refractivity contribution in [3.05, 3.63) is 82.2 Å². The maximum atomic E-state index is 13.0. The first-order valence-electron chi connectivity index (χ1n) is 9.75. The summed E-state index contributed by atoms with van der Waals surface area (Å²) < 4.78 is 23.9. The number of hydrogen-bond acceptors (Lipinski definition) is 5. The maximum Gasteiger partial charge on any atom is 0.338 e. The van der Waals surface area contributed by atoms with Crippen LogP contribution in [0.25, 0.3) is 0 Å². The molecule has 0 aliphatic carbocycles. The van der Waals surface area contributed by atoms with Crippen molar-refractivity contribution >= 4 is 17.7 Å². The highest BCUT2D eigenvalue weighted by Crippen LogP contribution is 2.35. The van der Waals surface area contributed by atoms with E-state index >= 15 is 0 Å². The van der Waals surface area contributed by atoms with E-state index in [0.29, 0.717) is 18.7 Å². The summed E-state index contributed by atoms with van der Waals surface area (Å²) in [4.78, 5) is 13.9. The molecule has 5 nitrogen and oxygen atoms in total. The Bertz CT molecular complexity index is 987. The number of rotatable bonds is 8. The summed E-state index contributed by atoms with van der Waals surface area (Å²) in [7, 11) is 0. The van der Waals surface area contributed by atoms with Gasteiger partial charge in [0.05, 0.1) is 10.6 Å². The number of benzene rings is 2. The largest absolute Gasteiger partial charge is 0.478 e. The zero-order chi connectivity index (χ0) is 20.9. The molecule has 0 unspecified atom stereocenters. The van der Waals surface area contributed by atoms with Gasteiger partial charge < -0.3 is 19.5 Å². The molecular weight excluding hydrogens is 405 g/mol. The smallest absolute Gasteiger partial charge is 0.338 e. The fourth-order valence-corrected chi connectivity index (χ4v) is 4.56. The molecule has 30 heavy (non-hydrogen) atoms. The molecule has 0 aromatic heterocycles. The summed E-state index contributed by atoms with van der Waals surface area (Å²) in [6.07, 6.45) is 5.25. The number of thioether (sulfide) groups is 1. The van der Waals surface area contributed by atoms with E-state index in [1.807, 2.05) is 24.3 Å². The van der Waals surface area contributed by atoms with Gasteiger partial charge in [-0.1, -0.05) is 24.3 Å². The molecule has 0 bridgehead atoms. The zero-order valence-corrected chi connectivity index (χ0v) is 17.2. The Morgan fingerprint density at radius 1 is 1.10 bits per heavy atom. The average molecular weight is 427 g/mol. The second-order valence-electron chi connectivity index (χ2n) is 7.07. The minimum absolute atomic E-state index is 0.226. The SMILES string of the molecule is O=C(O)C1=C(SCCCc2ccc(F)cc2)N(Cc2ccc3c(c2)OCO3)CC=C1. The molecule has 1 N–H and O–H groups in total. The molecule has 0 spiro atoms. The van der Waals surface area contributed by atoms with Gasteiger partial charge in [-0.3, -0.25) is 0 Å². The topological polar surface area (TPSA) is 59.0 Å². The van der Waals surface area contributed by atoms with Gasteiger partial charge >= 0.3 is 5.97 Å². The lowest BCUT2D eigenvalue weighted by molar-refractivity contribution is -0.132. The van der Waals surface area contributed by atoms with E-state index in [-0.39, 0.29) is 12.6 Å². The summed E-state index contributed by atoms with van der Waals surface area (Å²) in [6.45, 7) is 1.45. The summed E-state index contributed by atoms with van der Waals surface area (Å²) in [5.41, 5.74) is 2.42. The van der Waals surface area contributed by atoms with E-state index in [1.165, 1.54) is 12.1 Å². The van der Waals surface area contributed by atoms with Gasteiger partial charge in [0.25, 0.3) is 0 Å². The van der Waals surface area contributed by atoms with Gasteiger partial charge in [0.15, 0.2) is 11.5 Å². The molecule has 7 heteroatoms. The van der Waals surface area contributed by atoms with E-state index < -0.39 is 5.97 Å². The van der Waals surface area contributed by atoms with Gasteiger partial charge in [-0.2, -0.15) is 0 Å². The maximum absolute atomic E-state index is 13.0. The van der Waals surface area contributed by atoms with Gasteiger partial charge in [0.1, 0.15) is 5.82 Å². The lowest BCUT2D eigenvalue weighted by Gasteiger charge is -2.29. The van der Waals surface area contributed by atoms with Gasteiger partial charge in [0, 0.05) is 13.1 Å². The number of carboxylic acid groups (broad SMARTS) is 1. The van der Waals surface area contributed by atoms with Crippen molar-refractivity contribution in [2.24, 2.45) is 0 Å². The first-order chi connectivity index (χ1) is 14.6. The second-order valence-corrected chi connectivity index (χ2v) is 8.16. The average Bonchev–Trinajstić information content (AvgIpc) is 3.21. The Labute approximate surface area is 178 Å². The molecule has 156 valence electrons. The summed E-state index contributed by atoms with van der Waals surface area (Å²) in [6, 6.07) is 12.3. The van der Waals surface area contributed by atoms with Gasteiger partial charge in [-0.25, -0.2) is 9.18 Å². The Morgan fingerprint density at radius 3 is 2.67 bits per heavy atom. The standard InChI is InChI=1S/C23H22FNO4S/c24-18-8-5-16(6-9-18)3-2-12-30-22-19(23(26)27)4-1-11-25(22)14-17-7-10-20-21(13-17)29-15-28-20/h1,4-10,13H,2-3,11-12,14-15H2,(H,26,27). The third kappa shape index (κ3) is 4.79. The van der Waals surface area contributed by atoms with E-state index in [2.05, 4.69) is 4.90 Å². The Hall–Kier alpha value is -2.93. The molecule has 0 saturated heterocycles. The minimum atomic E-state index is -0.928. The molecule has 0 amide bonds. The number of carbonyl (C=O) groups is 1. The number of halogens is 1. The van der Waals surface area contributed by atoms with Crippen molar-refractivity contribution in [1.82, 2.24) is 4.90 Å². The van der Waals surface area contributed by atoms with E-state index in [0.717, 1.165) is 46.2 Å². The quantitative estimate of drug-likeness (QED) is 0.622.